The van der Waals surface area contributed by atoms with Crippen molar-refractivity contribution in [2.75, 3.05) is 5.32 Å². The topological polar surface area (TPSA) is 66.5 Å². The van der Waals surface area contributed by atoms with Crippen LogP contribution < -0.4 is 5.32 Å². The van der Waals surface area contributed by atoms with Crippen LogP contribution >= 0.6 is 11.6 Å². The molecule has 0 unspecified atom stereocenters. The minimum atomic E-state index is 0.454. The Bertz CT molecular complexity index is 569. The normalized spacial score (nSPS) is 9.94. The summed E-state index contributed by atoms with van der Waals surface area (Å²) in [6.07, 6.45) is 1.63. The second kappa shape index (κ2) is 4.85. The van der Waals surface area contributed by atoms with Gasteiger partial charge in [0.15, 0.2) is 5.82 Å². The number of nitrogens with zero attached hydrogens (tertiary/aromatic N) is 4. The predicted octanol–water partition coefficient (Wildman–Crippen LogP) is 1.95. The molecule has 5 nitrogen and oxygen atoms in total. The van der Waals surface area contributed by atoms with Crippen molar-refractivity contribution in [1.29, 1.82) is 5.26 Å². The molecule has 2 rings (SSSR count). The molecule has 0 amide bonds. The van der Waals surface area contributed by atoms with Crippen molar-refractivity contribution in [3.8, 4) is 6.07 Å². The third-order valence-corrected chi connectivity index (χ3v) is 2.42. The monoisotopic (exact) mass is 247 g/mol. The molecule has 17 heavy (non-hydrogen) atoms. The SMILES string of the molecule is Cn1cnc(CNc2cc(Cl)ccc2C#N)n1. The molecule has 1 heterocycles. The number of aryl methyl sites for hydroxylation is 1. The Balaban J connectivity index is 2.13. The summed E-state index contributed by atoms with van der Waals surface area (Å²) >= 11 is 5.87. The summed E-state index contributed by atoms with van der Waals surface area (Å²) in [6.45, 7) is 0.454. The van der Waals surface area contributed by atoms with E-state index in [2.05, 4.69) is 21.5 Å². The summed E-state index contributed by atoms with van der Waals surface area (Å²) in [5.41, 5.74) is 1.23. The van der Waals surface area contributed by atoms with Gasteiger partial charge >= 0.3 is 0 Å². The molecule has 0 bridgehead atoms. The highest BCUT2D eigenvalue weighted by molar-refractivity contribution is 6.30. The van der Waals surface area contributed by atoms with E-state index in [1.807, 2.05) is 0 Å². The second-order valence-corrected chi connectivity index (χ2v) is 3.93. The molecule has 0 radical (unpaired) electrons. The average Bonchev–Trinajstić information content (AvgIpc) is 2.73. The summed E-state index contributed by atoms with van der Waals surface area (Å²) < 4.78 is 1.63. The molecule has 2 aromatic rings. The molecule has 1 aromatic heterocycles. The number of nitrogens with one attached hydrogen (secondary N) is 1. The molecular formula is C11H10ClN5. The summed E-state index contributed by atoms with van der Waals surface area (Å²) in [5, 5.41) is 16.7. The molecule has 0 saturated carbocycles. The van der Waals surface area contributed by atoms with E-state index in [4.69, 9.17) is 16.9 Å². The maximum atomic E-state index is 8.94. The Morgan fingerprint density at radius 2 is 2.35 bits per heavy atom. The zero-order valence-electron chi connectivity index (χ0n) is 9.18. The first-order valence-electron chi connectivity index (χ1n) is 4.97. The van der Waals surface area contributed by atoms with Crippen LogP contribution in [0.25, 0.3) is 0 Å². The van der Waals surface area contributed by atoms with Crippen molar-refractivity contribution in [1.82, 2.24) is 14.8 Å². The number of nitriles is 1. The van der Waals surface area contributed by atoms with E-state index in [0.717, 1.165) is 0 Å². The zero-order valence-corrected chi connectivity index (χ0v) is 9.94. The number of aromatic nitrogens is 3. The molecule has 0 aliphatic heterocycles. The maximum Gasteiger partial charge on any atom is 0.169 e. The quantitative estimate of drug-likeness (QED) is 0.900. The molecule has 86 valence electrons. The van der Waals surface area contributed by atoms with Gasteiger partial charge in [0.1, 0.15) is 12.4 Å². The van der Waals surface area contributed by atoms with Crippen LogP contribution in [0.3, 0.4) is 0 Å². The summed E-state index contributed by atoms with van der Waals surface area (Å²) in [5.74, 6) is 0.663. The van der Waals surface area contributed by atoms with Crippen molar-refractivity contribution in [3.63, 3.8) is 0 Å². The highest BCUT2D eigenvalue weighted by Crippen LogP contribution is 2.20. The third kappa shape index (κ3) is 2.74. The van der Waals surface area contributed by atoms with Crippen LogP contribution in [0.15, 0.2) is 24.5 Å². The van der Waals surface area contributed by atoms with Gasteiger partial charge in [-0.15, -0.1) is 0 Å². The molecule has 6 heteroatoms. The summed E-state index contributed by atoms with van der Waals surface area (Å²) in [6, 6.07) is 7.17. The molecule has 1 aromatic carbocycles. The van der Waals surface area contributed by atoms with Gasteiger partial charge < -0.3 is 5.32 Å². The second-order valence-electron chi connectivity index (χ2n) is 3.49. The first-order chi connectivity index (χ1) is 8.19. The van der Waals surface area contributed by atoms with Crippen molar-refractivity contribution >= 4 is 17.3 Å². The predicted molar refractivity (Wildman–Crippen MR) is 64.5 cm³/mol. The molecule has 1 N–H and O–H groups in total. The van der Waals surface area contributed by atoms with Gasteiger partial charge in [-0.1, -0.05) is 11.6 Å². The lowest BCUT2D eigenvalue weighted by Gasteiger charge is -2.06. The van der Waals surface area contributed by atoms with E-state index in [0.29, 0.717) is 28.6 Å². The lowest BCUT2D eigenvalue weighted by molar-refractivity contribution is 0.747. The first kappa shape index (κ1) is 11.4. The number of anilines is 1. The molecule has 0 saturated heterocycles. The van der Waals surface area contributed by atoms with Crippen LogP contribution in [0.2, 0.25) is 5.02 Å². The number of rotatable bonds is 3. The Morgan fingerprint density at radius 3 is 3.00 bits per heavy atom. The molecule has 0 spiro atoms. The first-order valence-corrected chi connectivity index (χ1v) is 5.35. The number of halogens is 1. The lowest BCUT2D eigenvalue weighted by atomic mass is 10.2. The number of hydrogen-bond donors (Lipinski definition) is 1. The molecule has 0 aliphatic carbocycles. The van der Waals surface area contributed by atoms with E-state index < -0.39 is 0 Å². The highest BCUT2D eigenvalue weighted by Gasteiger charge is 2.04. The zero-order chi connectivity index (χ0) is 12.3. The fraction of sp³-hybridized carbons (Fsp3) is 0.182. The molecule has 0 atom stereocenters. The molecular weight excluding hydrogens is 238 g/mol. The van der Waals surface area contributed by atoms with E-state index in [1.54, 1.807) is 36.3 Å². The van der Waals surface area contributed by atoms with Crippen molar-refractivity contribution < 1.29 is 0 Å². The van der Waals surface area contributed by atoms with Gasteiger partial charge in [-0.2, -0.15) is 10.4 Å². The van der Waals surface area contributed by atoms with Crippen LogP contribution in [-0.2, 0) is 13.6 Å². The van der Waals surface area contributed by atoms with Gasteiger partial charge in [0.05, 0.1) is 17.8 Å². The van der Waals surface area contributed by atoms with E-state index in [1.165, 1.54) is 0 Å². The Labute approximate surface area is 104 Å². The van der Waals surface area contributed by atoms with Crippen molar-refractivity contribution in [2.24, 2.45) is 7.05 Å². The Hall–Kier alpha value is -2.06. The third-order valence-electron chi connectivity index (χ3n) is 2.19. The van der Waals surface area contributed by atoms with Crippen molar-refractivity contribution in [2.45, 2.75) is 6.54 Å². The van der Waals surface area contributed by atoms with Crippen LogP contribution in [0.1, 0.15) is 11.4 Å². The van der Waals surface area contributed by atoms with Crippen LogP contribution in [-0.4, -0.2) is 14.8 Å². The van der Waals surface area contributed by atoms with E-state index in [-0.39, 0.29) is 0 Å². The number of benzene rings is 1. The van der Waals surface area contributed by atoms with Gasteiger partial charge in [0.25, 0.3) is 0 Å². The van der Waals surface area contributed by atoms with Gasteiger partial charge in [0.2, 0.25) is 0 Å². The summed E-state index contributed by atoms with van der Waals surface area (Å²) in [7, 11) is 1.80. The fourth-order valence-electron chi connectivity index (χ4n) is 1.40. The van der Waals surface area contributed by atoms with Gasteiger partial charge in [-0.3, -0.25) is 4.68 Å². The summed E-state index contributed by atoms with van der Waals surface area (Å²) in [4.78, 5) is 4.08. The Kier molecular flexibility index (Phi) is 3.26. The maximum absolute atomic E-state index is 8.94. The van der Waals surface area contributed by atoms with Crippen LogP contribution in [0.4, 0.5) is 5.69 Å². The standard InChI is InChI=1S/C11H10ClN5/c1-17-7-15-11(16-17)6-14-10-4-9(12)3-2-8(10)5-13/h2-4,7,14H,6H2,1H3. The smallest absolute Gasteiger partial charge is 0.169 e. The Morgan fingerprint density at radius 1 is 1.53 bits per heavy atom. The van der Waals surface area contributed by atoms with Crippen molar-refractivity contribution in [3.05, 3.63) is 40.9 Å². The lowest BCUT2D eigenvalue weighted by Crippen LogP contribution is -2.03. The van der Waals surface area contributed by atoms with Gasteiger partial charge in [0, 0.05) is 12.1 Å². The van der Waals surface area contributed by atoms with Crippen LogP contribution in [0, 0.1) is 11.3 Å². The van der Waals surface area contributed by atoms with E-state index in [9.17, 15) is 0 Å². The largest absolute Gasteiger partial charge is 0.377 e. The van der Waals surface area contributed by atoms with E-state index >= 15 is 0 Å². The number of hydrogen-bond acceptors (Lipinski definition) is 4. The molecule has 0 fully saturated rings. The van der Waals surface area contributed by atoms with Gasteiger partial charge in [-0.05, 0) is 18.2 Å². The minimum absolute atomic E-state index is 0.454. The fourth-order valence-corrected chi connectivity index (χ4v) is 1.57. The van der Waals surface area contributed by atoms with Gasteiger partial charge in [-0.25, -0.2) is 4.98 Å². The van der Waals surface area contributed by atoms with Crippen LogP contribution in [0.5, 0.6) is 0 Å². The average molecular weight is 248 g/mol. The molecule has 0 aliphatic rings. The minimum Gasteiger partial charge on any atom is -0.377 e. The highest BCUT2D eigenvalue weighted by atomic mass is 35.5.